The predicted octanol–water partition coefficient (Wildman–Crippen LogP) is 0.393. The molecule has 0 N–H and O–H groups in total. The van der Waals surface area contributed by atoms with Crippen LogP contribution in [0.15, 0.2) is 12.4 Å². The molecule has 2 heterocycles. The molecule has 0 saturated carbocycles. The zero-order valence-corrected chi connectivity index (χ0v) is 6.24. The molecule has 0 spiro atoms. The molecular formula is C7H7FN2O2. The first-order valence-electron chi connectivity index (χ1n) is 3.56. The van der Waals surface area contributed by atoms with E-state index in [-0.39, 0.29) is 12.1 Å². The van der Waals surface area contributed by atoms with Gasteiger partial charge in [0, 0.05) is 0 Å². The van der Waals surface area contributed by atoms with Crippen molar-refractivity contribution in [3.05, 3.63) is 18.2 Å². The summed E-state index contributed by atoms with van der Waals surface area (Å²) in [4.78, 5) is 7.27. The first-order valence-corrected chi connectivity index (χ1v) is 3.56. The minimum absolute atomic E-state index is 0.0236. The summed E-state index contributed by atoms with van der Waals surface area (Å²) in [6.45, 7) is 1.11. The summed E-state index contributed by atoms with van der Waals surface area (Å²) in [5, 5.41) is 0. The van der Waals surface area contributed by atoms with Crippen molar-refractivity contribution in [2.24, 2.45) is 0 Å². The van der Waals surface area contributed by atoms with Gasteiger partial charge in [-0.15, -0.1) is 0 Å². The third kappa shape index (κ3) is 1.50. The van der Waals surface area contributed by atoms with E-state index in [0.29, 0.717) is 13.2 Å². The van der Waals surface area contributed by atoms with Crippen molar-refractivity contribution in [2.75, 3.05) is 13.2 Å². The maximum atomic E-state index is 12.3. The molecule has 0 aliphatic carbocycles. The molecule has 1 fully saturated rings. The number of ether oxygens (including phenoxy) is 2. The van der Waals surface area contributed by atoms with Gasteiger partial charge in [-0.05, 0) is 0 Å². The SMILES string of the molecule is Fc1cnc(OC2COC2)nc1. The van der Waals surface area contributed by atoms with E-state index >= 15 is 0 Å². The highest BCUT2D eigenvalue weighted by Gasteiger charge is 2.20. The van der Waals surface area contributed by atoms with Gasteiger partial charge in [-0.3, -0.25) is 0 Å². The Morgan fingerprint density at radius 1 is 1.42 bits per heavy atom. The van der Waals surface area contributed by atoms with Gasteiger partial charge in [-0.1, -0.05) is 0 Å². The van der Waals surface area contributed by atoms with E-state index in [1.807, 2.05) is 0 Å². The molecule has 0 unspecified atom stereocenters. The van der Waals surface area contributed by atoms with Gasteiger partial charge in [0.15, 0.2) is 5.82 Å². The maximum Gasteiger partial charge on any atom is 0.316 e. The van der Waals surface area contributed by atoms with Gasteiger partial charge in [0.25, 0.3) is 0 Å². The molecule has 0 amide bonds. The van der Waals surface area contributed by atoms with Crippen LogP contribution >= 0.6 is 0 Å². The first-order chi connectivity index (χ1) is 5.84. The van der Waals surface area contributed by atoms with E-state index in [1.54, 1.807) is 0 Å². The fraction of sp³-hybridized carbons (Fsp3) is 0.429. The van der Waals surface area contributed by atoms with Crippen molar-refractivity contribution in [1.29, 1.82) is 0 Å². The molecular weight excluding hydrogens is 163 g/mol. The summed E-state index contributed by atoms with van der Waals surface area (Å²) < 4.78 is 22.4. The fourth-order valence-electron chi connectivity index (χ4n) is 0.792. The number of hydrogen-bond acceptors (Lipinski definition) is 4. The van der Waals surface area contributed by atoms with Crippen LogP contribution in [0.1, 0.15) is 0 Å². The average molecular weight is 170 g/mol. The van der Waals surface area contributed by atoms with Crippen LogP contribution in [0.2, 0.25) is 0 Å². The van der Waals surface area contributed by atoms with Crippen molar-refractivity contribution >= 4 is 0 Å². The molecule has 0 atom stereocenters. The van der Waals surface area contributed by atoms with Crippen molar-refractivity contribution in [3.8, 4) is 6.01 Å². The molecule has 1 aliphatic heterocycles. The largest absolute Gasteiger partial charge is 0.455 e. The topological polar surface area (TPSA) is 44.2 Å². The molecule has 5 heteroatoms. The molecule has 0 aromatic carbocycles. The Bertz CT molecular complexity index is 261. The second kappa shape index (κ2) is 3.02. The normalized spacial score (nSPS) is 17.1. The van der Waals surface area contributed by atoms with Crippen molar-refractivity contribution in [1.82, 2.24) is 9.97 Å². The summed E-state index contributed by atoms with van der Waals surface area (Å²) >= 11 is 0. The Kier molecular flexibility index (Phi) is 1.87. The zero-order chi connectivity index (χ0) is 8.39. The zero-order valence-electron chi connectivity index (χ0n) is 6.24. The molecule has 12 heavy (non-hydrogen) atoms. The average Bonchev–Trinajstić information content (AvgIpc) is 2.00. The van der Waals surface area contributed by atoms with Crippen molar-refractivity contribution < 1.29 is 13.9 Å². The van der Waals surface area contributed by atoms with E-state index in [4.69, 9.17) is 9.47 Å². The van der Waals surface area contributed by atoms with Gasteiger partial charge >= 0.3 is 6.01 Å². The van der Waals surface area contributed by atoms with E-state index in [9.17, 15) is 4.39 Å². The number of rotatable bonds is 2. The van der Waals surface area contributed by atoms with Crippen molar-refractivity contribution in [3.63, 3.8) is 0 Å². The molecule has 1 aliphatic rings. The maximum absolute atomic E-state index is 12.3. The minimum atomic E-state index is -0.466. The number of nitrogens with zero attached hydrogens (tertiary/aromatic N) is 2. The standard InChI is InChI=1S/C7H7FN2O2/c8-5-1-9-7(10-2-5)12-6-3-11-4-6/h1-2,6H,3-4H2. The number of hydrogen-bond donors (Lipinski definition) is 0. The lowest BCUT2D eigenvalue weighted by Crippen LogP contribution is -2.39. The van der Waals surface area contributed by atoms with Gasteiger partial charge < -0.3 is 9.47 Å². The third-order valence-electron chi connectivity index (χ3n) is 1.48. The Labute approximate surface area is 68.4 Å². The van der Waals surface area contributed by atoms with Gasteiger partial charge in [0.05, 0.1) is 25.6 Å². The van der Waals surface area contributed by atoms with Crippen LogP contribution in [0.3, 0.4) is 0 Å². The fourth-order valence-corrected chi connectivity index (χ4v) is 0.792. The third-order valence-corrected chi connectivity index (χ3v) is 1.48. The summed E-state index contributed by atoms with van der Waals surface area (Å²) in [7, 11) is 0. The van der Waals surface area contributed by atoms with Gasteiger partial charge in [0.2, 0.25) is 0 Å². The summed E-state index contributed by atoms with van der Waals surface area (Å²) in [5.41, 5.74) is 0. The molecule has 64 valence electrons. The molecule has 0 radical (unpaired) electrons. The smallest absolute Gasteiger partial charge is 0.316 e. The second-order valence-corrected chi connectivity index (χ2v) is 2.46. The Hall–Kier alpha value is -1.23. The van der Waals surface area contributed by atoms with Gasteiger partial charge in [-0.2, -0.15) is 0 Å². The molecule has 1 aromatic heterocycles. The van der Waals surface area contributed by atoms with Crippen molar-refractivity contribution in [2.45, 2.75) is 6.10 Å². The molecule has 0 bridgehead atoms. The Morgan fingerprint density at radius 3 is 2.58 bits per heavy atom. The summed E-state index contributed by atoms with van der Waals surface area (Å²) in [6, 6.07) is 0.199. The molecule has 4 nitrogen and oxygen atoms in total. The highest BCUT2D eigenvalue weighted by atomic mass is 19.1. The van der Waals surface area contributed by atoms with Crippen LogP contribution in [0.5, 0.6) is 6.01 Å². The highest BCUT2D eigenvalue weighted by molar-refractivity contribution is 4.96. The summed E-state index contributed by atoms with van der Waals surface area (Å²) in [6.07, 6.45) is 2.17. The predicted molar refractivity (Wildman–Crippen MR) is 37.2 cm³/mol. The summed E-state index contributed by atoms with van der Waals surface area (Å²) in [5.74, 6) is -0.466. The van der Waals surface area contributed by atoms with Crippen LogP contribution in [-0.4, -0.2) is 29.3 Å². The molecule has 1 saturated heterocycles. The highest BCUT2D eigenvalue weighted by Crippen LogP contribution is 2.09. The van der Waals surface area contributed by atoms with Crippen LogP contribution < -0.4 is 4.74 Å². The van der Waals surface area contributed by atoms with E-state index in [2.05, 4.69) is 9.97 Å². The van der Waals surface area contributed by atoms with Gasteiger partial charge in [-0.25, -0.2) is 14.4 Å². The number of halogens is 1. The van der Waals surface area contributed by atoms with Gasteiger partial charge in [0.1, 0.15) is 6.10 Å². The van der Waals surface area contributed by atoms with Crippen LogP contribution in [0, 0.1) is 5.82 Å². The Morgan fingerprint density at radius 2 is 2.08 bits per heavy atom. The van der Waals surface area contributed by atoms with Crippen LogP contribution in [0.25, 0.3) is 0 Å². The van der Waals surface area contributed by atoms with Crippen LogP contribution in [-0.2, 0) is 4.74 Å². The lowest BCUT2D eigenvalue weighted by atomic mass is 10.3. The number of aromatic nitrogens is 2. The molecule has 2 rings (SSSR count). The molecule has 1 aromatic rings. The lowest BCUT2D eigenvalue weighted by molar-refractivity contribution is -0.0831. The van der Waals surface area contributed by atoms with Crippen LogP contribution in [0.4, 0.5) is 4.39 Å². The van der Waals surface area contributed by atoms with E-state index < -0.39 is 5.82 Å². The first kappa shape index (κ1) is 7.42. The van der Waals surface area contributed by atoms with E-state index in [1.165, 1.54) is 0 Å². The monoisotopic (exact) mass is 170 g/mol. The minimum Gasteiger partial charge on any atom is -0.455 e. The lowest BCUT2D eigenvalue weighted by Gasteiger charge is -2.25. The van der Waals surface area contributed by atoms with E-state index in [0.717, 1.165) is 12.4 Å². The Balaban J connectivity index is 1.98. The quantitative estimate of drug-likeness (QED) is 0.644. The second-order valence-electron chi connectivity index (χ2n) is 2.46.